The minimum atomic E-state index is -1.13. The monoisotopic (exact) mass is 1540 g/mol. The zero-order valence-electron chi connectivity index (χ0n) is 59.0. The first-order chi connectivity index (χ1) is 46.9. The second-order valence-corrected chi connectivity index (χ2v) is 24.2. The van der Waals surface area contributed by atoms with Crippen LogP contribution >= 0.6 is 67.5 Å². The molecular formula is C71H112N10O17S5. The average Bonchev–Trinajstić information content (AvgIpc) is 1.63. The van der Waals surface area contributed by atoms with Crippen LogP contribution in [0.1, 0.15) is 151 Å². The van der Waals surface area contributed by atoms with Crippen LogP contribution in [0.5, 0.6) is 0 Å². The molecule has 7 amide bonds. The minimum Gasteiger partial charge on any atom is -0.481 e. The normalized spacial score (nSPS) is 13.5. The maximum atomic E-state index is 12.3. The van der Waals surface area contributed by atoms with Crippen LogP contribution < -0.4 is 55.3 Å². The van der Waals surface area contributed by atoms with Gasteiger partial charge >= 0.3 is 18.2 Å². The van der Waals surface area contributed by atoms with Crippen LogP contribution in [0.2, 0.25) is 0 Å². The molecule has 0 bridgehead atoms. The second-order valence-electron chi connectivity index (χ2n) is 24.2. The summed E-state index contributed by atoms with van der Waals surface area (Å²) in [6.45, 7) is 6.87. The predicted octanol–water partition coefficient (Wildman–Crippen LogP) is 4.42. The Morgan fingerprint density at radius 3 is 1.05 bits per heavy atom. The van der Waals surface area contributed by atoms with Crippen molar-refractivity contribution in [3.63, 3.8) is 0 Å². The number of aliphatic carboxylic acids is 1. The van der Waals surface area contributed by atoms with E-state index in [2.05, 4.69) is 75.1 Å². The first-order valence-corrected chi connectivity index (χ1v) is 33.2. The Morgan fingerprint density at radius 1 is 0.466 bits per heavy atom. The number of carboxylic acids is 1. The highest BCUT2D eigenvalue weighted by Crippen LogP contribution is 2.45. The van der Waals surface area contributed by atoms with Gasteiger partial charge in [-0.1, -0.05) is 103 Å². The van der Waals surface area contributed by atoms with Gasteiger partial charge in [0.15, 0.2) is 0 Å². The molecule has 4 aromatic rings. The third kappa shape index (κ3) is 37.3. The van der Waals surface area contributed by atoms with Crippen molar-refractivity contribution in [1.29, 1.82) is 0 Å². The molecule has 0 unspecified atom stereocenters. The fourth-order valence-corrected chi connectivity index (χ4v) is 11.0. The maximum Gasteiger partial charge on any atom is 0.407 e. The van der Waals surface area contributed by atoms with Crippen molar-refractivity contribution in [2.24, 2.45) is 46.4 Å². The highest BCUT2D eigenvalue weighted by Gasteiger charge is 2.32. The third-order valence-electron chi connectivity index (χ3n) is 16.3. The van der Waals surface area contributed by atoms with E-state index in [1.807, 2.05) is 48.5 Å². The van der Waals surface area contributed by atoms with Crippen LogP contribution in [0.3, 0.4) is 0 Å². The fraction of sp³-hybridized carbons (Fsp3) is 0.507. The number of nitrogens with two attached hydrogens (primary N) is 5. The first-order valence-electron chi connectivity index (χ1n) is 33.2. The maximum absolute atomic E-state index is 12.3. The number of piperidine rings is 1. The Labute approximate surface area is 638 Å². The number of fused-ring (bicyclic) bond motifs is 6. The third-order valence-corrected chi connectivity index (χ3v) is 16.3. The van der Waals surface area contributed by atoms with Gasteiger partial charge in [-0.25, -0.2) is 9.59 Å². The second kappa shape index (κ2) is 56.2. The molecule has 3 aliphatic rings. The van der Waals surface area contributed by atoms with E-state index in [1.54, 1.807) is 0 Å². The summed E-state index contributed by atoms with van der Waals surface area (Å²) in [7, 11) is 0. The molecule has 578 valence electrons. The van der Waals surface area contributed by atoms with Crippen molar-refractivity contribution in [2.45, 2.75) is 147 Å². The number of hydrogen-bond acceptors (Lipinski definition) is 19. The van der Waals surface area contributed by atoms with Crippen LogP contribution in [-0.4, -0.2) is 169 Å². The summed E-state index contributed by atoms with van der Waals surface area (Å²) in [6, 6.07) is 30.3. The smallest absolute Gasteiger partial charge is 0.407 e. The van der Waals surface area contributed by atoms with Crippen LogP contribution in [-0.2, 0) is 52.6 Å². The van der Waals surface area contributed by atoms with Gasteiger partial charge in [-0.15, -0.1) is 0 Å². The van der Waals surface area contributed by atoms with Crippen molar-refractivity contribution < 1.29 is 82.6 Å². The number of hydrogen-bond donors (Lipinski definition) is 14. The lowest BCUT2D eigenvalue weighted by Gasteiger charge is -2.19. The van der Waals surface area contributed by atoms with Crippen LogP contribution in [0.15, 0.2) is 97.1 Å². The number of ether oxygens (including phenoxy) is 2. The van der Waals surface area contributed by atoms with Gasteiger partial charge in [-0.2, -0.15) is 67.5 Å². The van der Waals surface area contributed by atoms with Gasteiger partial charge in [0.25, 0.3) is 0 Å². The van der Waals surface area contributed by atoms with Gasteiger partial charge in [-0.3, -0.25) is 28.8 Å². The van der Waals surface area contributed by atoms with Gasteiger partial charge in [0.1, 0.15) is 42.6 Å². The van der Waals surface area contributed by atoms with Crippen LogP contribution in [0.4, 0.5) is 9.59 Å². The van der Waals surface area contributed by atoms with Gasteiger partial charge in [0, 0.05) is 44.2 Å². The molecule has 0 radical (unpaired) electrons. The minimum absolute atomic E-state index is 0. The Kier molecular flexibility index (Phi) is 54.5. The number of unbranched alkanes of at least 4 members (excludes halogenated alkanes) is 3. The van der Waals surface area contributed by atoms with Crippen molar-refractivity contribution in [3.05, 3.63) is 119 Å². The number of primary amides is 3. The Balaban J connectivity index is -0.00000132. The van der Waals surface area contributed by atoms with Crippen LogP contribution in [0.25, 0.3) is 22.3 Å². The van der Waals surface area contributed by atoms with E-state index < -0.39 is 103 Å². The van der Waals surface area contributed by atoms with Crippen molar-refractivity contribution in [1.82, 2.24) is 26.6 Å². The SMILES string of the molecule is C1CCNCC1.CC(=O)C[C@@H](CO)C(=O)N[C@@H](CCCCN)C(N)=O.CC(=O)C[C@@H](CO)C(=O)N[C@@H](CCCCNC(=O)OCC1c2ccccc2-c2ccccc21)C(N)=O.CC(=O)C[C@@H](CO)C(=O)O.NC(=O)[C@@H](N)CCCCNC(=O)OCC1c2ccccc2-c2ccccc21.S.S.S.S.S. The zero-order chi connectivity index (χ0) is 72.5. The molecule has 32 heteroatoms. The Hall–Kier alpha value is -7.24. The van der Waals surface area contributed by atoms with E-state index >= 15 is 0 Å². The fourth-order valence-electron chi connectivity index (χ4n) is 11.0. The number of aliphatic hydroxyl groups excluding tert-OH is 3. The topological polar surface area (TPSA) is 477 Å². The summed E-state index contributed by atoms with van der Waals surface area (Å²) in [5.41, 5.74) is 36.0. The number of carboxylic acid groups (broad SMARTS) is 1. The molecule has 19 N–H and O–H groups in total. The number of carbonyl (C=O) groups excluding carboxylic acids is 10. The van der Waals surface area contributed by atoms with E-state index in [0.29, 0.717) is 71.2 Å². The molecule has 2 aliphatic carbocycles. The standard InChI is InChI=1S/C27H33N3O6.C21H25N3O3.C12H23N3O4.C6H10O4.C5H11N.5H2S/c1-17(32)14-18(15-31)26(34)30-24(25(28)33)12-6-7-13-29-27(35)36-16-23-21-10-4-2-8-19(21)20-9-3-5-11-22(20)23;22-19(20(23)25)11-5-6-12-24-21(26)27-13-18-16-9-3-1-7-14(16)15-8-2-4-10-17(15)18;1-8(17)6-9(7-16)12(19)15-10(11(14)18)4-2-3-5-13;1-4(8)2-5(3-7)6(9)10;1-2-4-6-5-3-1;;;;;/h2-5,8-11,18,23-24,31H,6-7,12-16H2,1H3,(H2,28,33)(H,29,35)(H,30,34);1-4,7-10,18-19H,5-6,11-13,22H2,(H2,23,25)(H,24,26);9-10,16H,2-7,13H2,1H3,(H2,14,18)(H,15,19);5,7H,2-3H2,1H3,(H,9,10);6H,1-5H2;5*1H2/t18-,24-;19-;9-,10-;5-;;;;;;/m0000....../s1. The molecule has 0 spiro atoms. The Morgan fingerprint density at radius 2 is 0.786 bits per heavy atom. The van der Waals surface area contributed by atoms with E-state index in [1.165, 1.54) is 75.4 Å². The number of rotatable bonds is 35. The lowest BCUT2D eigenvalue weighted by Crippen LogP contribution is -2.47. The molecule has 6 atom stereocenters. The number of nitrogens with one attached hydrogen (secondary N) is 5. The number of aliphatic hydroxyl groups is 3. The van der Waals surface area contributed by atoms with E-state index in [9.17, 15) is 57.8 Å². The molecule has 1 heterocycles. The number of carbonyl (C=O) groups is 11. The molecule has 0 aromatic heterocycles. The molecule has 7 rings (SSSR count). The molecule has 27 nitrogen and oxygen atoms in total. The lowest BCUT2D eigenvalue weighted by atomic mass is 9.98. The van der Waals surface area contributed by atoms with Crippen molar-refractivity contribution >= 4 is 133 Å². The molecule has 103 heavy (non-hydrogen) atoms. The van der Waals surface area contributed by atoms with E-state index in [-0.39, 0.29) is 129 Å². The van der Waals surface area contributed by atoms with E-state index in [0.717, 1.165) is 28.7 Å². The average molecular weight is 1540 g/mol. The number of Topliss-reactive ketones (excluding diaryl/α,β-unsaturated/α-hetero) is 3. The van der Waals surface area contributed by atoms with Gasteiger partial charge in [-0.05, 0) is 156 Å². The Bertz CT molecular complexity index is 3140. The molecule has 1 aliphatic heterocycles. The number of benzene rings is 4. The highest BCUT2D eigenvalue weighted by atomic mass is 32.1. The lowest BCUT2D eigenvalue weighted by molar-refractivity contribution is -0.145. The molecular weight excluding hydrogens is 1430 g/mol. The van der Waals surface area contributed by atoms with Gasteiger partial charge < -0.3 is 99.5 Å². The largest absolute Gasteiger partial charge is 0.481 e. The summed E-state index contributed by atoms with van der Waals surface area (Å²) < 4.78 is 11.0. The summed E-state index contributed by atoms with van der Waals surface area (Å²) in [6.07, 6.45) is 8.06. The highest BCUT2D eigenvalue weighted by molar-refractivity contribution is 7.60. The molecule has 1 fully saturated rings. The molecule has 0 saturated carbocycles. The number of ketones is 3. The van der Waals surface area contributed by atoms with Crippen molar-refractivity contribution in [3.8, 4) is 22.3 Å². The number of alkyl carbamates (subject to hydrolysis) is 2. The zero-order valence-corrected chi connectivity index (χ0v) is 64.0. The summed E-state index contributed by atoms with van der Waals surface area (Å²) in [5.74, 6) is -7.40. The predicted molar refractivity (Wildman–Crippen MR) is 420 cm³/mol. The first kappa shape index (κ1) is 99.9. The quantitative estimate of drug-likeness (QED) is 0.0284. The summed E-state index contributed by atoms with van der Waals surface area (Å²) in [5, 5.41) is 48.8. The molecule has 4 aromatic carbocycles. The number of amides is 7. The summed E-state index contributed by atoms with van der Waals surface area (Å²) >= 11 is 0. The van der Waals surface area contributed by atoms with E-state index in [4.69, 9.17) is 53.5 Å². The van der Waals surface area contributed by atoms with Crippen LogP contribution in [0, 0.1) is 17.8 Å². The van der Waals surface area contributed by atoms with Gasteiger partial charge in [0.05, 0.1) is 43.6 Å². The molecule has 1 saturated heterocycles. The van der Waals surface area contributed by atoms with Crippen molar-refractivity contribution in [2.75, 3.05) is 65.8 Å². The summed E-state index contributed by atoms with van der Waals surface area (Å²) in [4.78, 5) is 125. The van der Waals surface area contributed by atoms with Gasteiger partial charge in [0.2, 0.25) is 29.5 Å².